The molecule has 1 aliphatic carbocycles. The second kappa shape index (κ2) is 11.5. The average Bonchev–Trinajstić information content (AvgIpc) is 2.49. The van der Waals surface area contributed by atoms with Crippen molar-refractivity contribution in [2.45, 2.75) is 57.5 Å². The first-order valence-electron chi connectivity index (χ1n) is 8.27. The topological polar surface area (TPSA) is 33.7 Å². The van der Waals surface area contributed by atoms with Crippen molar-refractivity contribution in [2.24, 2.45) is 0 Å². The number of nitrogens with one attached hydrogen (secondary N) is 1. The molecule has 1 saturated carbocycles. The van der Waals surface area contributed by atoms with Crippen LogP contribution < -0.4 is 5.32 Å². The van der Waals surface area contributed by atoms with Crippen molar-refractivity contribution < 1.29 is 9.47 Å². The zero-order valence-corrected chi connectivity index (χ0v) is 13.7. The van der Waals surface area contributed by atoms with Crippen LogP contribution in [-0.4, -0.2) is 64.1 Å². The van der Waals surface area contributed by atoms with Crippen LogP contribution in [-0.2, 0) is 9.47 Å². The maximum absolute atomic E-state index is 5.26. The van der Waals surface area contributed by atoms with Gasteiger partial charge in [0.2, 0.25) is 0 Å². The molecule has 1 fully saturated rings. The van der Waals surface area contributed by atoms with Crippen molar-refractivity contribution in [3.8, 4) is 0 Å². The highest BCUT2D eigenvalue weighted by atomic mass is 16.5. The Morgan fingerprint density at radius 1 is 1.00 bits per heavy atom. The molecular formula is C16H34N2O2. The molecule has 0 aromatic rings. The first-order chi connectivity index (χ1) is 9.81. The normalized spacial score (nSPS) is 23.4. The lowest BCUT2D eigenvalue weighted by Gasteiger charge is -2.37. The third-order valence-corrected chi connectivity index (χ3v) is 4.27. The summed E-state index contributed by atoms with van der Waals surface area (Å²) in [6, 6.07) is 1.48. The molecule has 0 aromatic heterocycles. The molecule has 0 unspecified atom stereocenters. The molecule has 4 nitrogen and oxygen atoms in total. The third kappa shape index (κ3) is 7.02. The van der Waals surface area contributed by atoms with Gasteiger partial charge in [-0.15, -0.1) is 0 Å². The summed E-state index contributed by atoms with van der Waals surface area (Å²) >= 11 is 0. The minimum Gasteiger partial charge on any atom is -0.385 e. The molecule has 0 bridgehead atoms. The highest BCUT2D eigenvalue weighted by Gasteiger charge is 2.25. The van der Waals surface area contributed by atoms with E-state index in [0.29, 0.717) is 0 Å². The minimum absolute atomic E-state index is 0.738. The summed E-state index contributed by atoms with van der Waals surface area (Å²) in [5, 5.41) is 3.66. The first kappa shape index (κ1) is 17.9. The van der Waals surface area contributed by atoms with Gasteiger partial charge in [-0.2, -0.15) is 0 Å². The molecule has 1 N–H and O–H groups in total. The molecule has 0 heterocycles. The van der Waals surface area contributed by atoms with Crippen LogP contribution in [0.1, 0.15) is 45.4 Å². The fraction of sp³-hybridized carbons (Fsp3) is 1.00. The summed E-state index contributed by atoms with van der Waals surface area (Å²) in [4.78, 5) is 2.61. The number of hydrogen-bond acceptors (Lipinski definition) is 4. The molecule has 0 spiro atoms. The van der Waals surface area contributed by atoms with Gasteiger partial charge in [0.1, 0.15) is 0 Å². The van der Waals surface area contributed by atoms with Crippen molar-refractivity contribution in [2.75, 3.05) is 47.1 Å². The smallest absolute Gasteiger partial charge is 0.0589 e. The monoisotopic (exact) mass is 286 g/mol. The van der Waals surface area contributed by atoms with Gasteiger partial charge in [-0.3, -0.25) is 4.90 Å². The van der Waals surface area contributed by atoms with Crippen molar-refractivity contribution in [1.82, 2.24) is 10.2 Å². The molecule has 1 rings (SSSR count). The minimum atomic E-state index is 0.738. The quantitative estimate of drug-likeness (QED) is 0.591. The number of hydrogen-bond donors (Lipinski definition) is 1. The highest BCUT2D eigenvalue weighted by molar-refractivity contribution is 4.82. The Labute approximate surface area is 125 Å². The van der Waals surface area contributed by atoms with Crippen LogP contribution >= 0.6 is 0 Å². The summed E-state index contributed by atoms with van der Waals surface area (Å²) in [6.45, 7) is 7.28. The van der Waals surface area contributed by atoms with Crippen LogP contribution in [0, 0.1) is 0 Å². The Kier molecular flexibility index (Phi) is 10.3. The van der Waals surface area contributed by atoms with Crippen LogP contribution in [0.15, 0.2) is 0 Å². The Morgan fingerprint density at radius 2 is 1.70 bits per heavy atom. The van der Waals surface area contributed by atoms with Crippen molar-refractivity contribution in [3.05, 3.63) is 0 Å². The standard InChI is InChI=1S/C16H34N2O2/c1-4-10-17-15-6-8-16(9-7-15)18(12-14-20-3)11-5-13-19-2/h15-17H,4-14H2,1-3H3. The molecule has 0 aliphatic heterocycles. The summed E-state index contributed by atoms with van der Waals surface area (Å²) in [6.07, 6.45) is 7.62. The molecule has 0 saturated heterocycles. The van der Waals surface area contributed by atoms with Crippen LogP contribution in [0.2, 0.25) is 0 Å². The van der Waals surface area contributed by atoms with Crippen LogP contribution in [0.5, 0.6) is 0 Å². The van der Waals surface area contributed by atoms with Gasteiger partial charge in [0.05, 0.1) is 6.61 Å². The van der Waals surface area contributed by atoms with Crippen molar-refractivity contribution in [1.29, 1.82) is 0 Å². The van der Waals surface area contributed by atoms with Crippen molar-refractivity contribution >= 4 is 0 Å². The van der Waals surface area contributed by atoms with E-state index in [4.69, 9.17) is 9.47 Å². The molecule has 20 heavy (non-hydrogen) atoms. The van der Waals surface area contributed by atoms with Gasteiger partial charge in [0, 0.05) is 46.0 Å². The number of nitrogens with zero attached hydrogens (tertiary/aromatic N) is 1. The highest BCUT2D eigenvalue weighted by Crippen LogP contribution is 2.23. The fourth-order valence-electron chi connectivity index (χ4n) is 3.09. The molecule has 0 atom stereocenters. The van der Waals surface area contributed by atoms with E-state index >= 15 is 0 Å². The number of methoxy groups -OCH3 is 2. The molecule has 0 amide bonds. The lowest BCUT2D eigenvalue weighted by molar-refractivity contribution is 0.0862. The van der Waals surface area contributed by atoms with Gasteiger partial charge in [0.15, 0.2) is 0 Å². The Balaban J connectivity index is 2.31. The van der Waals surface area contributed by atoms with Gasteiger partial charge in [-0.25, -0.2) is 0 Å². The molecular weight excluding hydrogens is 252 g/mol. The van der Waals surface area contributed by atoms with Gasteiger partial charge in [-0.1, -0.05) is 6.92 Å². The van der Waals surface area contributed by atoms with Crippen LogP contribution in [0.25, 0.3) is 0 Å². The fourth-order valence-corrected chi connectivity index (χ4v) is 3.09. The predicted molar refractivity (Wildman–Crippen MR) is 84.3 cm³/mol. The first-order valence-corrected chi connectivity index (χ1v) is 8.27. The zero-order valence-electron chi connectivity index (χ0n) is 13.7. The second-order valence-corrected chi connectivity index (χ2v) is 5.83. The van der Waals surface area contributed by atoms with E-state index in [-0.39, 0.29) is 0 Å². The lowest BCUT2D eigenvalue weighted by Crippen LogP contribution is -2.44. The van der Waals surface area contributed by atoms with Crippen molar-refractivity contribution in [3.63, 3.8) is 0 Å². The predicted octanol–water partition coefficient (Wildman–Crippen LogP) is 2.28. The SMILES string of the molecule is CCCNC1CCC(N(CCCOC)CCOC)CC1. The van der Waals surface area contributed by atoms with E-state index < -0.39 is 0 Å². The summed E-state index contributed by atoms with van der Waals surface area (Å²) < 4.78 is 10.4. The third-order valence-electron chi connectivity index (χ3n) is 4.27. The molecule has 1 aliphatic rings. The Hall–Kier alpha value is -0.160. The van der Waals surface area contributed by atoms with Gasteiger partial charge in [-0.05, 0) is 45.1 Å². The second-order valence-electron chi connectivity index (χ2n) is 5.83. The van der Waals surface area contributed by atoms with E-state index in [0.717, 1.165) is 51.4 Å². The van der Waals surface area contributed by atoms with Gasteiger partial charge >= 0.3 is 0 Å². The molecule has 4 heteroatoms. The zero-order chi connectivity index (χ0) is 14.6. The number of ether oxygens (including phenoxy) is 2. The lowest BCUT2D eigenvalue weighted by atomic mass is 9.90. The summed E-state index contributed by atoms with van der Waals surface area (Å²) in [5.41, 5.74) is 0. The Bertz CT molecular complexity index is 219. The van der Waals surface area contributed by atoms with E-state index in [9.17, 15) is 0 Å². The van der Waals surface area contributed by atoms with Crippen LogP contribution in [0.4, 0.5) is 0 Å². The van der Waals surface area contributed by atoms with E-state index in [1.54, 1.807) is 14.2 Å². The average molecular weight is 286 g/mol. The van der Waals surface area contributed by atoms with E-state index in [1.807, 2.05) is 0 Å². The van der Waals surface area contributed by atoms with E-state index in [1.165, 1.54) is 32.1 Å². The molecule has 0 radical (unpaired) electrons. The summed E-state index contributed by atoms with van der Waals surface area (Å²) in [7, 11) is 3.57. The van der Waals surface area contributed by atoms with Gasteiger partial charge < -0.3 is 14.8 Å². The van der Waals surface area contributed by atoms with Gasteiger partial charge in [0.25, 0.3) is 0 Å². The largest absolute Gasteiger partial charge is 0.385 e. The Morgan fingerprint density at radius 3 is 2.30 bits per heavy atom. The summed E-state index contributed by atoms with van der Waals surface area (Å²) in [5.74, 6) is 0. The van der Waals surface area contributed by atoms with E-state index in [2.05, 4.69) is 17.1 Å². The molecule has 0 aromatic carbocycles. The maximum atomic E-state index is 5.26. The van der Waals surface area contributed by atoms with Crippen LogP contribution in [0.3, 0.4) is 0 Å². The molecule has 120 valence electrons. The number of rotatable bonds is 11. The maximum Gasteiger partial charge on any atom is 0.0589 e.